The Labute approximate surface area is 127 Å². The summed E-state index contributed by atoms with van der Waals surface area (Å²) in [4.78, 5) is 5.06. The quantitative estimate of drug-likeness (QED) is 0.818. The van der Waals surface area contributed by atoms with E-state index in [1.54, 1.807) is 5.51 Å². The van der Waals surface area contributed by atoms with E-state index in [0.29, 0.717) is 17.7 Å². The lowest BCUT2D eigenvalue weighted by molar-refractivity contribution is 0.409. The van der Waals surface area contributed by atoms with Crippen molar-refractivity contribution < 1.29 is 17.5 Å². The molecule has 0 atom stereocenters. The fraction of sp³-hybridized carbons (Fsp3) is 0.357. The van der Waals surface area contributed by atoms with Crippen LogP contribution in [0.1, 0.15) is 16.1 Å². The van der Waals surface area contributed by atoms with Gasteiger partial charge in [0.1, 0.15) is 11.6 Å². The van der Waals surface area contributed by atoms with Gasteiger partial charge in [0.2, 0.25) is 0 Å². The third-order valence-corrected chi connectivity index (χ3v) is 5.67. The number of halogens is 1. The molecule has 2 rings (SSSR count). The average molecular weight is 329 g/mol. The van der Waals surface area contributed by atoms with Gasteiger partial charge in [0, 0.05) is 10.4 Å². The van der Waals surface area contributed by atoms with Crippen LogP contribution in [-0.2, 0) is 22.0 Å². The number of aryl methyl sites for hydroxylation is 2. The highest BCUT2D eigenvalue weighted by atomic mass is 32.2. The summed E-state index contributed by atoms with van der Waals surface area (Å²) in [6.45, 7) is 1.86. The van der Waals surface area contributed by atoms with E-state index in [4.69, 9.17) is 4.74 Å². The van der Waals surface area contributed by atoms with Crippen molar-refractivity contribution in [2.24, 2.45) is 0 Å². The normalized spacial score (nSPS) is 11.6. The number of hydrogen-bond acceptors (Lipinski definition) is 5. The fourth-order valence-corrected chi connectivity index (χ4v) is 4.25. The van der Waals surface area contributed by atoms with Gasteiger partial charge in [0.15, 0.2) is 9.84 Å². The summed E-state index contributed by atoms with van der Waals surface area (Å²) in [5, 5.41) is 0. The van der Waals surface area contributed by atoms with Gasteiger partial charge in [-0.05, 0) is 31.5 Å². The smallest absolute Gasteiger partial charge is 0.154 e. The Balaban J connectivity index is 2.11. The number of rotatable bonds is 6. The Morgan fingerprint density at radius 1 is 1.38 bits per heavy atom. The molecule has 0 saturated carbocycles. The molecular weight excluding hydrogens is 313 g/mol. The van der Waals surface area contributed by atoms with Crippen molar-refractivity contribution in [1.82, 2.24) is 4.98 Å². The van der Waals surface area contributed by atoms with Crippen LogP contribution >= 0.6 is 11.3 Å². The van der Waals surface area contributed by atoms with Gasteiger partial charge in [-0.2, -0.15) is 0 Å². The second-order valence-electron chi connectivity index (χ2n) is 4.66. The highest BCUT2D eigenvalue weighted by molar-refractivity contribution is 7.90. The second-order valence-corrected chi connectivity index (χ2v) is 7.78. The Morgan fingerprint density at radius 3 is 2.76 bits per heavy atom. The lowest BCUT2D eigenvalue weighted by atomic mass is 10.2. The zero-order valence-electron chi connectivity index (χ0n) is 11.8. The molecule has 2 aromatic rings. The summed E-state index contributed by atoms with van der Waals surface area (Å²) < 4.78 is 42.7. The van der Waals surface area contributed by atoms with Gasteiger partial charge >= 0.3 is 0 Å². The van der Waals surface area contributed by atoms with Crippen molar-refractivity contribution >= 4 is 21.2 Å². The number of sulfone groups is 1. The molecule has 7 heteroatoms. The molecule has 0 unspecified atom stereocenters. The molecule has 0 aliphatic heterocycles. The van der Waals surface area contributed by atoms with E-state index in [-0.39, 0.29) is 11.5 Å². The minimum atomic E-state index is -3.34. The Kier molecular flexibility index (Phi) is 4.95. The molecule has 114 valence electrons. The van der Waals surface area contributed by atoms with E-state index in [9.17, 15) is 12.8 Å². The number of thiazole rings is 1. The van der Waals surface area contributed by atoms with E-state index < -0.39 is 15.7 Å². The molecule has 0 N–H and O–H groups in total. The summed E-state index contributed by atoms with van der Waals surface area (Å²) in [6, 6.07) is 3.89. The average Bonchev–Trinajstić information content (AvgIpc) is 2.82. The largest absolute Gasteiger partial charge is 0.496 e. The molecular formula is C14H16FNO3S2. The summed E-state index contributed by atoms with van der Waals surface area (Å²) in [7, 11) is -1.91. The molecule has 0 radical (unpaired) electrons. The van der Waals surface area contributed by atoms with Crippen molar-refractivity contribution in [2.45, 2.75) is 19.1 Å². The van der Waals surface area contributed by atoms with Crippen LogP contribution in [0.5, 0.6) is 5.75 Å². The van der Waals surface area contributed by atoms with Crippen LogP contribution in [0.25, 0.3) is 0 Å². The Morgan fingerprint density at radius 2 is 2.14 bits per heavy atom. The summed E-state index contributed by atoms with van der Waals surface area (Å²) in [5.74, 6) is -0.310. The van der Waals surface area contributed by atoms with Gasteiger partial charge in [-0.3, -0.25) is 0 Å². The molecule has 0 aliphatic carbocycles. The highest BCUT2D eigenvalue weighted by Gasteiger charge is 2.17. The molecule has 4 nitrogen and oxygen atoms in total. The second kappa shape index (κ2) is 6.53. The molecule has 1 aromatic heterocycles. The SMILES string of the molecule is COc1ccc(F)cc1CS(=O)(=O)CCc1scnc1C. The maximum Gasteiger partial charge on any atom is 0.154 e. The number of ether oxygens (including phenoxy) is 1. The minimum Gasteiger partial charge on any atom is -0.496 e. The zero-order chi connectivity index (χ0) is 15.5. The van der Waals surface area contributed by atoms with Crippen molar-refractivity contribution in [2.75, 3.05) is 12.9 Å². The van der Waals surface area contributed by atoms with E-state index in [1.807, 2.05) is 6.92 Å². The van der Waals surface area contributed by atoms with Crippen molar-refractivity contribution in [1.29, 1.82) is 0 Å². The van der Waals surface area contributed by atoms with Crippen molar-refractivity contribution in [3.63, 3.8) is 0 Å². The van der Waals surface area contributed by atoms with Gasteiger partial charge < -0.3 is 4.74 Å². The minimum absolute atomic E-state index is 0.00962. The zero-order valence-corrected chi connectivity index (χ0v) is 13.4. The van der Waals surface area contributed by atoms with Crippen LogP contribution in [0.3, 0.4) is 0 Å². The molecule has 0 bridgehead atoms. The van der Waals surface area contributed by atoms with Gasteiger partial charge in [0.05, 0.1) is 29.8 Å². The topological polar surface area (TPSA) is 56.3 Å². The number of aromatic nitrogens is 1. The Bertz CT molecular complexity index is 726. The van der Waals surface area contributed by atoms with Crippen LogP contribution < -0.4 is 4.74 Å². The molecule has 0 amide bonds. The molecule has 0 fully saturated rings. The first-order valence-corrected chi connectivity index (χ1v) is 9.03. The van der Waals surface area contributed by atoms with Crippen molar-refractivity contribution in [3.05, 3.63) is 45.7 Å². The van der Waals surface area contributed by atoms with Crippen molar-refractivity contribution in [3.8, 4) is 5.75 Å². The van der Waals surface area contributed by atoms with Gasteiger partial charge in [-0.25, -0.2) is 17.8 Å². The fourth-order valence-electron chi connectivity index (χ4n) is 1.98. The van der Waals surface area contributed by atoms with E-state index in [0.717, 1.165) is 10.6 Å². The summed E-state index contributed by atoms with van der Waals surface area (Å²) in [6.07, 6.45) is 0.427. The third-order valence-electron chi connectivity index (χ3n) is 3.10. The maximum absolute atomic E-state index is 13.3. The maximum atomic E-state index is 13.3. The van der Waals surface area contributed by atoms with Crippen LogP contribution in [0.2, 0.25) is 0 Å². The number of nitrogens with zero attached hydrogens (tertiary/aromatic N) is 1. The van der Waals surface area contributed by atoms with Crippen LogP contribution in [0, 0.1) is 12.7 Å². The standard InChI is InChI=1S/C14H16FNO3S2/c1-10-14(20-9-16-10)5-6-21(17,18)8-11-7-12(15)3-4-13(11)19-2/h3-4,7,9H,5-6,8H2,1-2H3. The predicted octanol–water partition coefficient (Wildman–Crippen LogP) is 2.76. The predicted molar refractivity (Wildman–Crippen MR) is 81.0 cm³/mol. The molecule has 21 heavy (non-hydrogen) atoms. The van der Waals surface area contributed by atoms with Gasteiger partial charge in [-0.15, -0.1) is 11.3 Å². The first kappa shape index (κ1) is 15.9. The first-order chi connectivity index (χ1) is 9.91. The molecule has 1 heterocycles. The Hall–Kier alpha value is -1.47. The summed E-state index contributed by atoms with van der Waals surface area (Å²) in [5.41, 5.74) is 2.91. The van der Waals surface area contributed by atoms with Crippen LogP contribution in [0.4, 0.5) is 4.39 Å². The van der Waals surface area contributed by atoms with Crippen LogP contribution in [0.15, 0.2) is 23.7 Å². The number of benzene rings is 1. The third kappa shape index (κ3) is 4.25. The molecule has 0 spiro atoms. The highest BCUT2D eigenvalue weighted by Crippen LogP contribution is 2.22. The lowest BCUT2D eigenvalue weighted by Crippen LogP contribution is -2.12. The monoisotopic (exact) mass is 329 g/mol. The first-order valence-electron chi connectivity index (χ1n) is 6.33. The van der Waals surface area contributed by atoms with Gasteiger partial charge in [0.25, 0.3) is 0 Å². The molecule has 0 aliphatic rings. The van der Waals surface area contributed by atoms with E-state index >= 15 is 0 Å². The van der Waals surface area contributed by atoms with Crippen LogP contribution in [-0.4, -0.2) is 26.3 Å². The van der Waals surface area contributed by atoms with E-state index in [2.05, 4.69) is 4.98 Å². The number of hydrogen-bond donors (Lipinski definition) is 0. The summed E-state index contributed by atoms with van der Waals surface area (Å²) >= 11 is 1.45. The lowest BCUT2D eigenvalue weighted by Gasteiger charge is -2.09. The van der Waals surface area contributed by atoms with Gasteiger partial charge in [-0.1, -0.05) is 0 Å². The molecule has 1 aromatic carbocycles. The molecule has 0 saturated heterocycles. The van der Waals surface area contributed by atoms with E-state index in [1.165, 1.54) is 36.6 Å². The number of methoxy groups -OCH3 is 1.